The smallest absolute Gasteiger partial charge is 0.244 e. The number of H-pyrrole nitrogens is 3. The maximum Gasteiger partial charge on any atom is 0.244 e. The summed E-state index contributed by atoms with van der Waals surface area (Å²) in [7, 11) is 0. The van der Waals surface area contributed by atoms with Crippen molar-refractivity contribution in [3.63, 3.8) is 0 Å². The Morgan fingerprint density at radius 2 is 0.611 bits per heavy atom. The van der Waals surface area contributed by atoms with Gasteiger partial charge in [-0.1, -0.05) is 115 Å². The van der Waals surface area contributed by atoms with Gasteiger partial charge in [-0.25, -0.2) is 0 Å². The van der Waals surface area contributed by atoms with E-state index in [-0.39, 0.29) is 84.1 Å². The molecule has 502 valence electrons. The van der Waals surface area contributed by atoms with E-state index in [4.69, 9.17) is 40.1 Å². The molecule has 0 saturated carbocycles. The van der Waals surface area contributed by atoms with E-state index in [9.17, 15) is 33.6 Å². The molecule has 0 bridgehead atoms. The van der Waals surface area contributed by atoms with Crippen LogP contribution in [0.3, 0.4) is 0 Å². The van der Waals surface area contributed by atoms with E-state index in [1.807, 2.05) is 72.8 Å². The van der Waals surface area contributed by atoms with Crippen LogP contribution in [0.15, 0.2) is 152 Å². The number of fused-ring (bicyclic) bond motifs is 3. The number of amides is 9. The van der Waals surface area contributed by atoms with E-state index in [1.54, 1.807) is 79.3 Å². The number of aromatic amines is 3. The number of nitrogens with one attached hydrogen (secondary N) is 11. The van der Waals surface area contributed by atoms with Gasteiger partial charge in [0.25, 0.3) is 0 Å². The van der Waals surface area contributed by atoms with Crippen molar-refractivity contribution in [1.82, 2.24) is 57.5 Å². The SMILES string of the molecule is NCCC(N)C(=O)NC(CCN)C(=O)N[C@@H](Cc1c[nH]c2ccccc12)C(=O)NC(C(=O)NC(CCN)C(=O)NC(CCN)C(=O)N[C@@H](Cc1c[nH]c2ccccc12)C(=O)N[C@@H](Cc1c[nH]c2ccccc12)C(=O)NC(CCN)C(N)=O)C(c1ccccc1)c1ccccc1. The van der Waals surface area contributed by atoms with E-state index < -0.39 is 113 Å². The molecule has 95 heavy (non-hydrogen) atoms. The number of rotatable bonds is 36. The third kappa shape index (κ3) is 18.7. The van der Waals surface area contributed by atoms with Crippen molar-refractivity contribution < 1.29 is 43.2 Å². The Labute approximate surface area is 548 Å². The van der Waals surface area contributed by atoms with Crippen LogP contribution < -0.4 is 82.7 Å². The summed E-state index contributed by atoms with van der Waals surface area (Å²) >= 11 is 0. The van der Waals surface area contributed by atoms with Gasteiger partial charge in [0.15, 0.2) is 0 Å². The lowest BCUT2D eigenvalue weighted by Gasteiger charge is -2.32. The molecule has 3 aromatic heterocycles. The molecule has 0 aliphatic heterocycles. The Balaban J connectivity index is 1.09. The summed E-state index contributed by atoms with van der Waals surface area (Å²) in [6, 6.07) is 27.6. The molecule has 0 fully saturated rings. The molecule has 0 radical (unpaired) electrons. The largest absolute Gasteiger partial charge is 0.368 e. The zero-order valence-corrected chi connectivity index (χ0v) is 52.6. The minimum Gasteiger partial charge on any atom is -0.368 e. The van der Waals surface area contributed by atoms with Crippen LogP contribution in [-0.2, 0) is 62.4 Å². The number of nitrogens with two attached hydrogens (primary N) is 7. The Bertz CT molecular complexity index is 3870. The molecule has 6 unspecified atom stereocenters. The highest BCUT2D eigenvalue weighted by Crippen LogP contribution is 2.30. The standard InChI is InChI=1S/C68H86N18O9/c69-28-23-47(74)61(88)80-52(25-30-71)63(90)84-57(35-43-38-78-50-22-12-9-19-46(43)50)67(94)86-59(58(39-13-3-1-4-14-39)40-15-5-2-6-16-40)68(95)82-54(27-32-73)62(89)81-53(26-31-72)64(91)83-56(34-42-37-77-49-21-11-8-18-45(42)49)66(93)85-55(65(92)79-51(24-29-70)60(75)87)33-41-36-76-48-20-10-7-17-44(41)48/h1-22,36-38,47,51-59,76-78H,23-35,69-74H2,(H2,75,87)(H,79,92)(H,80,88)(H,81,89)(H,82,95)(H,83,91)(H,84,90)(H,85,93)(H,86,94)/t47?,51?,52?,53?,54?,55-,56-,57-,59?/m0/s1. The van der Waals surface area contributed by atoms with Crippen LogP contribution in [0.1, 0.15) is 65.8 Å². The van der Waals surface area contributed by atoms with Gasteiger partial charge in [0.05, 0.1) is 6.04 Å². The predicted molar refractivity (Wildman–Crippen MR) is 362 cm³/mol. The van der Waals surface area contributed by atoms with E-state index >= 15 is 9.59 Å². The lowest BCUT2D eigenvalue weighted by atomic mass is 9.84. The van der Waals surface area contributed by atoms with E-state index in [0.29, 0.717) is 27.8 Å². The molecule has 5 aromatic carbocycles. The number of carbonyl (C=O) groups is 9. The van der Waals surface area contributed by atoms with Gasteiger partial charge in [0, 0.05) is 76.5 Å². The average molecular weight is 1300 g/mol. The van der Waals surface area contributed by atoms with Gasteiger partial charge in [-0.05, 0) is 111 Å². The number of hydrogen-bond acceptors (Lipinski definition) is 15. The number of para-hydroxylation sites is 3. The molecule has 8 rings (SSSR count). The Kier molecular flexibility index (Phi) is 25.7. The second-order valence-corrected chi connectivity index (χ2v) is 23.3. The topological polar surface area (TPSA) is 479 Å². The number of aromatic nitrogens is 3. The summed E-state index contributed by atoms with van der Waals surface area (Å²) in [5.74, 6) is -8.20. The van der Waals surface area contributed by atoms with Crippen molar-refractivity contribution in [3.8, 4) is 0 Å². The van der Waals surface area contributed by atoms with Gasteiger partial charge >= 0.3 is 0 Å². The van der Waals surface area contributed by atoms with Gasteiger partial charge < -0.3 is 97.6 Å². The molecule has 8 aromatic rings. The first-order chi connectivity index (χ1) is 45.9. The van der Waals surface area contributed by atoms with Crippen molar-refractivity contribution in [3.05, 3.63) is 180 Å². The highest BCUT2D eigenvalue weighted by atomic mass is 16.2. The van der Waals surface area contributed by atoms with Crippen molar-refractivity contribution in [1.29, 1.82) is 0 Å². The second kappa shape index (κ2) is 34.6. The molecule has 0 aliphatic carbocycles. The maximum absolute atomic E-state index is 15.5. The maximum atomic E-state index is 15.5. The summed E-state index contributed by atoms with van der Waals surface area (Å²) in [6.07, 6.45) is 4.52. The van der Waals surface area contributed by atoms with E-state index in [1.165, 1.54) is 0 Å². The monoisotopic (exact) mass is 1300 g/mol. The Morgan fingerprint density at radius 1 is 0.326 bits per heavy atom. The minimum absolute atomic E-state index is 0.0131. The summed E-state index contributed by atoms with van der Waals surface area (Å²) < 4.78 is 0. The summed E-state index contributed by atoms with van der Waals surface area (Å²) in [4.78, 5) is 140. The third-order valence-electron chi connectivity index (χ3n) is 16.6. The first-order valence-corrected chi connectivity index (χ1v) is 31.7. The molecule has 27 heteroatoms. The van der Waals surface area contributed by atoms with Crippen LogP contribution in [0, 0.1) is 0 Å². The fourth-order valence-corrected chi connectivity index (χ4v) is 11.6. The zero-order chi connectivity index (χ0) is 68.0. The first-order valence-electron chi connectivity index (χ1n) is 31.7. The van der Waals surface area contributed by atoms with Gasteiger partial charge in [-0.3, -0.25) is 43.2 Å². The predicted octanol–water partition coefficient (Wildman–Crippen LogP) is -0.575. The fraction of sp³-hybridized carbons (Fsp3) is 0.338. The van der Waals surface area contributed by atoms with Crippen LogP contribution in [0.25, 0.3) is 32.7 Å². The van der Waals surface area contributed by atoms with Crippen LogP contribution in [0.4, 0.5) is 0 Å². The molecular formula is C68H86N18O9. The Hall–Kier alpha value is -10.3. The van der Waals surface area contributed by atoms with Crippen LogP contribution in [-0.4, -0.2) is 155 Å². The number of carbonyl (C=O) groups excluding carboxylic acids is 9. The van der Waals surface area contributed by atoms with Crippen molar-refractivity contribution in [2.75, 3.05) is 32.7 Å². The molecule has 27 nitrogen and oxygen atoms in total. The Morgan fingerprint density at radius 3 is 0.968 bits per heavy atom. The lowest BCUT2D eigenvalue weighted by Crippen LogP contribution is -2.62. The second-order valence-electron chi connectivity index (χ2n) is 23.3. The first kappa shape index (κ1) is 70.6. The average Bonchev–Trinajstić information content (AvgIpc) is 1.76. The third-order valence-corrected chi connectivity index (χ3v) is 16.6. The van der Waals surface area contributed by atoms with Gasteiger partial charge in [0.1, 0.15) is 48.3 Å². The van der Waals surface area contributed by atoms with Crippen LogP contribution >= 0.6 is 0 Å². The highest BCUT2D eigenvalue weighted by Gasteiger charge is 2.39. The van der Waals surface area contributed by atoms with Crippen LogP contribution in [0.5, 0.6) is 0 Å². The molecular weight excluding hydrogens is 1210 g/mol. The van der Waals surface area contributed by atoms with Gasteiger partial charge in [-0.15, -0.1) is 0 Å². The quantitative estimate of drug-likeness (QED) is 0.0234. The molecule has 9 atom stereocenters. The minimum atomic E-state index is -1.55. The summed E-state index contributed by atoms with van der Waals surface area (Å²) in [5, 5.41) is 24.5. The highest BCUT2D eigenvalue weighted by molar-refractivity contribution is 6.00. The molecule has 3 heterocycles. The number of benzene rings is 5. The van der Waals surface area contributed by atoms with Crippen molar-refractivity contribution in [2.45, 2.75) is 112 Å². The zero-order valence-electron chi connectivity index (χ0n) is 52.6. The number of hydrogen-bond donors (Lipinski definition) is 18. The van der Waals surface area contributed by atoms with Gasteiger partial charge in [-0.2, -0.15) is 0 Å². The van der Waals surface area contributed by atoms with Crippen molar-refractivity contribution in [2.24, 2.45) is 40.1 Å². The molecule has 0 saturated heterocycles. The fourth-order valence-electron chi connectivity index (χ4n) is 11.6. The van der Waals surface area contributed by atoms with E-state index in [2.05, 4.69) is 57.5 Å². The molecule has 9 amide bonds. The molecule has 0 spiro atoms. The summed E-state index contributed by atoms with van der Waals surface area (Å²) in [6.45, 7) is -0.221. The number of primary amides is 1. The van der Waals surface area contributed by atoms with Gasteiger partial charge in [0.2, 0.25) is 53.2 Å². The molecule has 0 aliphatic rings. The molecule has 25 N–H and O–H groups in total. The summed E-state index contributed by atoms with van der Waals surface area (Å²) in [5.41, 5.74) is 46.8. The van der Waals surface area contributed by atoms with E-state index in [0.717, 1.165) is 32.7 Å². The normalized spacial score (nSPS) is 14.3. The lowest BCUT2D eigenvalue weighted by molar-refractivity contribution is -0.136. The van der Waals surface area contributed by atoms with Crippen LogP contribution in [0.2, 0.25) is 0 Å². The van der Waals surface area contributed by atoms with Crippen molar-refractivity contribution >= 4 is 85.9 Å².